The Balaban J connectivity index is 2.01. The number of rotatable bonds is 8. The van der Waals surface area contributed by atoms with Gasteiger partial charge in [0, 0.05) is 37.1 Å². The normalized spacial score (nSPS) is 20.7. The number of aliphatic hydroxyl groups is 1. The minimum absolute atomic E-state index is 0.208. The van der Waals surface area contributed by atoms with Gasteiger partial charge in [0.05, 0.1) is 11.0 Å². The Morgan fingerprint density at radius 3 is 2.78 bits per heavy atom. The largest absolute Gasteiger partial charge is 0.466 e. The van der Waals surface area contributed by atoms with E-state index in [-0.39, 0.29) is 5.92 Å². The summed E-state index contributed by atoms with van der Waals surface area (Å²) in [6.07, 6.45) is 4.81. The molecule has 1 saturated heterocycles. The van der Waals surface area contributed by atoms with Crippen LogP contribution in [0.15, 0.2) is 28.7 Å². The van der Waals surface area contributed by atoms with E-state index in [0.29, 0.717) is 0 Å². The average Bonchev–Trinajstić information content (AvgIpc) is 3.10. The predicted octanol–water partition coefficient (Wildman–Crippen LogP) is 3.98. The number of furan rings is 1. The molecule has 3 rings (SSSR count). The third-order valence-electron chi connectivity index (χ3n) is 5.88. The molecule has 0 radical (unpaired) electrons. The van der Waals surface area contributed by atoms with E-state index < -0.39 is 13.7 Å². The third kappa shape index (κ3) is 4.48. The average molecular weight is 390 g/mol. The summed E-state index contributed by atoms with van der Waals surface area (Å²) in [5.41, 5.74) is 0.986. The van der Waals surface area contributed by atoms with Crippen molar-refractivity contribution in [2.75, 3.05) is 26.8 Å². The van der Waals surface area contributed by atoms with Crippen molar-refractivity contribution in [1.82, 2.24) is 5.32 Å². The monoisotopic (exact) mass is 389 g/mol. The van der Waals surface area contributed by atoms with E-state index in [9.17, 15) is 5.11 Å². The van der Waals surface area contributed by atoms with Gasteiger partial charge in [0.1, 0.15) is 13.7 Å². The number of nitrogens with one attached hydrogen (secondary N) is 1. The number of para-hydroxylation sites is 1. The van der Waals surface area contributed by atoms with Gasteiger partial charge in [0.2, 0.25) is 0 Å². The van der Waals surface area contributed by atoms with E-state index in [0.717, 1.165) is 73.7 Å². The van der Waals surface area contributed by atoms with Gasteiger partial charge in [0.15, 0.2) is 0 Å². The van der Waals surface area contributed by atoms with Crippen molar-refractivity contribution in [3.8, 4) is 0 Å². The van der Waals surface area contributed by atoms with E-state index in [1.54, 1.807) is 7.11 Å². The van der Waals surface area contributed by atoms with Crippen molar-refractivity contribution in [3.63, 3.8) is 0 Å². The van der Waals surface area contributed by atoms with Gasteiger partial charge in [-0.3, -0.25) is 0 Å². The molecule has 1 fully saturated rings. The van der Waals surface area contributed by atoms with Crippen molar-refractivity contribution < 1.29 is 14.3 Å². The second-order valence-corrected chi connectivity index (χ2v) is 14.0. The summed E-state index contributed by atoms with van der Waals surface area (Å²) >= 11 is 0. The van der Waals surface area contributed by atoms with Crippen LogP contribution in [0.3, 0.4) is 0 Å². The first-order valence-corrected chi connectivity index (χ1v) is 13.8. The fourth-order valence-corrected chi connectivity index (χ4v) is 5.23. The van der Waals surface area contributed by atoms with Crippen molar-refractivity contribution >= 4 is 24.4 Å². The Morgan fingerprint density at radius 2 is 2.11 bits per heavy atom. The maximum absolute atomic E-state index is 12.0. The van der Waals surface area contributed by atoms with Crippen LogP contribution in [0.1, 0.15) is 37.7 Å². The van der Waals surface area contributed by atoms with Gasteiger partial charge in [-0.1, -0.05) is 37.8 Å². The number of ether oxygens (including phenoxy) is 1. The van der Waals surface area contributed by atoms with Crippen LogP contribution in [-0.2, 0) is 10.3 Å². The molecule has 0 aliphatic carbocycles. The molecule has 1 aromatic carbocycles. The molecule has 5 heteroatoms. The van der Waals surface area contributed by atoms with Gasteiger partial charge in [0.25, 0.3) is 0 Å². The quantitative estimate of drug-likeness (QED) is 0.530. The molecule has 2 N–H and O–H groups in total. The Labute approximate surface area is 164 Å². The second-order valence-electron chi connectivity index (χ2n) is 9.00. The molecule has 0 amide bonds. The highest BCUT2D eigenvalue weighted by molar-refractivity contribution is 6.87. The first-order valence-electron chi connectivity index (χ1n) is 10.3. The van der Waals surface area contributed by atoms with Gasteiger partial charge in [-0.05, 0) is 44.7 Å². The lowest BCUT2D eigenvalue weighted by atomic mass is 9.74. The second kappa shape index (κ2) is 8.48. The van der Waals surface area contributed by atoms with Crippen molar-refractivity contribution in [2.45, 2.75) is 57.3 Å². The van der Waals surface area contributed by atoms with Crippen molar-refractivity contribution in [2.24, 2.45) is 5.92 Å². The molecule has 2 aromatic rings. The standard InChI is InChI=1S/C22H35NO3Si/c1-25-14-6-5-12-22(24,18-10-8-13-23-16-18)19-11-7-9-17-15-20(26-21(17)19)27(2,3)4/h7,9,11,15,18,23-24H,5-6,8,10,12-14,16H2,1-4H3/t18?,22-/m0/s1. The molecule has 150 valence electrons. The number of hydrogen-bond donors (Lipinski definition) is 2. The van der Waals surface area contributed by atoms with E-state index >= 15 is 0 Å². The van der Waals surface area contributed by atoms with Gasteiger partial charge in [-0.15, -0.1) is 0 Å². The highest BCUT2D eigenvalue weighted by Gasteiger charge is 2.40. The van der Waals surface area contributed by atoms with Crippen LogP contribution in [0.2, 0.25) is 19.6 Å². The van der Waals surface area contributed by atoms with Crippen LogP contribution in [0.4, 0.5) is 0 Å². The first kappa shape index (κ1) is 20.6. The minimum Gasteiger partial charge on any atom is -0.466 e. The van der Waals surface area contributed by atoms with E-state index in [4.69, 9.17) is 9.15 Å². The van der Waals surface area contributed by atoms with Crippen LogP contribution in [0.5, 0.6) is 0 Å². The fourth-order valence-electron chi connectivity index (χ4n) is 4.23. The smallest absolute Gasteiger partial charge is 0.139 e. The van der Waals surface area contributed by atoms with Crippen LogP contribution < -0.4 is 10.7 Å². The summed E-state index contributed by atoms with van der Waals surface area (Å²) in [5.74, 6) is 0.208. The number of benzene rings is 1. The van der Waals surface area contributed by atoms with Crippen LogP contribution in [0.25, 0.3) is 11.0 Å². The summed E-state index contributed by atoms with van der Waals surface area (Å²) in [5, 5.41) is 17.7. The molecule has 0 spiro atoms. The Hall–Kier alpha value is -1.14. The molecule has 1 aromatic heterocycles. The van der Waals surface area contributed by atoms with Crippen LogP contribution >= 0.6 is 0 Å². The van der Waals surface area contributed by atoms with Gasteiger partial charge >= 0.3 is 0 Å². The van der Waals surface area contributed by atoms with Gasteiger partial charge in [-0.2, -0.15) is 0 Å². The zero-order valence-electron chi connectivity index (χ0n) is 17.3. The topological polar surface area (TPSA) is 54.6 Å². The van der Waals surface area contributed by atoms with Crippen molar-refractivity contribution in [3.05, 3.63) is 29.8 Å². The predicted molar refractivity (Wildman–Crippen MR) is 114 cm³/mol. The molecule has 2 heterocycles. The maximum Gasteiger partial charge on any atom is 0.139 e. The summed E-state index contributed by atoms with van der Waals surface area (Å²) in [6, 6.07) is 8.44. The number of hydrogen-bond acceptors (Lipinski definition) is 4. The minimum atomic E-state index is -1.55. The van der Waals surface area contributed by atoms with E-state index in [1.807, 2.05) is 0 Å². The lowest BCUT2D eigenvalue weighted by Crippen LogP contribution is -2.44. The summed E-state index contributed by atoms with van der Waals surface area (Å²) in [4.78, 5) is 0. The highest BCUT2D eigenvalue weighted by atomic mass is 28.3. The summed E-state index contributed by atoms with van der Waals surface area (Å²) in [6.45, 7) is 9.54. The van der Waals surface area contributed by atoms with Gasteiger partial charge in [-0.25, -0.2) is 0 Å². The van der Waals surface area contributed by atoms with Gasteiger partial charge < -0.3 is 19.6 Å². The lowest BCUT2D eigenvalue weighted by Gasteiger charge is -2.39. The molecular formula is C22H35NO3Si. The van der Waals surface area contributed by atoms with Crippen molar-refractivity contribution in [1.29, 1.82) is 0 Å². The molecule has 27 heavy (non-hydrogen) atoms. The Kier molecular flexibility index (Phi) is 6.46. The zero-order chi connectivity index (χ0) is 19.5. The SMILES string of the molecule is COCCCC[C@@](O)(c1cccc2cc([Si](C)(C)C)oc12)C1CCCNC1. The van der Waals surface area contributed by atoms with E-state index in [1.165, 1.54) is 0 Å². The molecule has 1 aliphatic heterocycles. The summed E-state index contributed by atoms with van der Waals surface area (Å²) < 4.78 is 11.6. The van der Waals surface area contributed by atoms with Crippen LogP contribution in [0, 0.1) is 5.92 Å². The molecule has 1 unspecified atom stereocenters. The number of piperidine rings is 1. The number of fused-ring (bicyclic) bond motifs is 1. The first-order chi connectivity index (χ1) is 12.9. The molecular weight excluding hydrogens is 354 g/mol. The molecule has 4 nitrogen and oxygen atoms in total. The Bertz CT molecular complexity index is 746. The number of unbranched alkanes of at least 4 members (excludes halogenated alkanes) is 1. The van der Waals surface area contributed by atoms with E-state index in [2.05, 4.69) is 49.2 Å². The maximum atomic E-state index is 12.0. The Morgan fingerprint density at radius 1 is 1.30 bits per heavy atom. The molecule has 2 atom stereocenters. The van der Waals surface area contributed by atoms with Crippen LogP contribution in [-0.4, -0.2) is 40.0 Å². The molecule has 1 aliphatic rings. The highest BCUT2D eigenvalue weighted by Crippen LogP contribution is 2.41. The molecule has 0 bridgehead atoms. The molecule has 0 saturated carbocycles. The lowest BCUT2D eigenvalue weighted by molar-refractivity contribution is -0.0427. The zero-order valence-corrected chi connectivity index (χ0v) is 18.3. The summed E-state index contributed by atoms with van der Waals surface area (Å²) in [7, 11) is 0.184. The fraction of sp³-hybridized carbons (Fsp3) is 0.636. The number of methoxy groups -OCH3 is 1. The third-order valence-corrected chi connectivity index (χ3v) is 7.60.